The number of para-hydroxylation sites is 1. The fourth-order valence-corrected chi connectivity index (χ4v) is 3.15. The van der Waals surface area contributed by atoms with E-state index in [-0.39, 0.29) is 5.91 Å². The Bertz CT molecular complexity index is 655. The van der Waals surface area contributed by atoms with Crippen molar-refractivity contribution in [2.45, 2.75) is 25.8 Å². The number of hydrogen-bond acceptors (Lipinski definition) is 3. The second-order valence-corrected chi connectivity index (χ2v) is 6.07. The second-order valence-electron chi connectivity index (χ2n) is 6.07. The number of carbonyl (C=O) groups is 1. The zero-order valence-electron chi connectivity index (χ0n) is 14.1. The molecule has 0 radical (unpaired) electrons. The first kappa shape index (κ1) is 16.5. The van der Waals surface area contributed by atoms with E-state index < -0.39 is 0 Å². The number of hydrogen-bond donors (Lipinski definition) is 1. The van der Waals surface area contributed by atoms with Crippen molar-refractivity contribution >= 4 is 5.91 Å². The van der Waals surface area contributed by atoms with Gasteiger partial charge in [0.15, 0.2) is 0 Å². The van der Waals surface area contributed by atoms with Crippen LogP contribution in [0.15, 0.2) is 54.6 Å². The van der Waals surface area contributed by atoms with Gasteiger partial charge in [0.2, 0.25) is 0 Å². The summed E-state index contributed by atoms with van der Waals surface area (Å²) in [5.41, 5.74) is 0.663. The van der Waals surface area contributed by atoms with Gasteiger partial charge in [0, 0.05) is 18.2 Å². The number of nitrogens with one attached hydrogen (secondary N) is 1. The van der Waals surface area contributed by atoms with Gasteiger partial charge < -0.3 is 10.1 Å². The van der Waals surface area contributed by atoms with Crippen LogP contribution in [0.4, 0.5) is 0 Å². The predicted octanol–water partition coefficient (Wildman–Crippen LogP) is 3.69. The van der Waals surface area contributed by atoms with Crippen molar-refractivity contribution < 1.29 is 9.53 Å². The molecule has 1 atom stereocenters. The standard InChI is InChI=1S/C20H24N2O2/c1-2-22-14-6-7-17(22)15-21-20(23)16-10-12-19(13-11-16)24-18-8-4-3-5-9-18/h3-5,8-13,17H,2,6-7,14-15H2,1H3,(H,21,23). The van der Waals surface area contributed by atoms with Crippen LogP contribution in [-0.2, 0) is 0 Å². The normalized spacial score (nSPS) is 17.6. The van der Waals surface area contributed by atoms with Gasteiger partial charge in [-0.2, -0.15) is 0 Å². The maximum atomic E-state index is 12.3. The topological polar surface area (TPSA) is 41.6 Å². The number of likely N-dealkylation sites (tertiary alicyclic amines) is 1. The molecule has 4 heteroatoms. The van der Waals surface area contributed by atoms with Gasteiger partial charge in [-0.05, 0) is 62.3 Å². The lowest BCUT2D eigenvalue weighted by Crippen LogP contribution is -2.40. The van der Waals surface area contributed by atoms with E-state index in [4.69, 9.17) is 4.74 Å². The van der Waals surface area contributed by atoms with E-state index >= 15 is 0 Å². The summed E-state index contributed by atoms with van der Waals surface area (Å²) in [6.07, 6.45) is 2.39. The van der Waals surface area contributed by atoms with Gasteiger partial charge in [-0.3, -0.25) is 9.69 Å². The molecule has 1 unspecified atom stereocenters. The summed E-state index contributed by atoms with van der Waals surface area (Å²) in [7, 11) is 0. The summed E-state index contributed by atoms with van der Waals surface area (Å²) in [6, 6.07) is 17.4. The Hall–Kier alpha value is -2.33. The molecule has 2 aromatic carbocycles. The van der Waals surface area contributed by atoms with Crippen LogP contribution < -0.4 is 10.1 Å². The molecule has 1 aliphatic rings. The third-order valence-electron chi connectivity index (χ3n) is 4.50. The van der Waals surface area contributed by atoms with E-state index in [2.05, 4.69) is 17.1 Å². The number of benzene rings is 2. The quantitative estimate of drug-likeness (QED) is 0.881. The van der Waals surface area contributed by atoms with Gasteiger partial charge >= 0.3 is 0 Å². The van der Waals surface area contributed by atoms with E-state index in [0.29, 0.717) is 11.6 Å². The van der Waals surface area contributed by atoms with Crippen LogP contribution in [0.5, 0.6) is 11.5 Å². The Morgan fingerprint density at radius 3 is 2.54 bits per heavy atom. The number of likely N-dealkylation sites (N-methyl/N-ethyl adjacent to an activating group) is 1. The van der Waals surface area contributed by atoms with Gasteiger partial charge in [0.25, 0.3) is 5.91 Å². The van der Waals surface area contributed by atoms with E-state index in [1.54, 1.807) is 12.1 Å². The van der Waals surface area contributed by atoms with Crippen molar-refractivity contribution in [1.29, 1.82) is 0 Å². The summed E-state index contributed by atoms with van der Waals surface area (Å²) < 4.78 is 5.74. The Morgan fingerprint density at radius 2 is 1.83 bits per heavy atom. The highest BCUT2D eigenvalue weighted by Gasteiger charge is 2.23. The van der Waals surface area contributed by atoms with E-state index in [9.17, 15) is 4.79 Å². The summed E-state index contributed by atoms with van der Waals surface area (Å²) in [5.74, 6) is 1.49. The van der Waals surface area contributed by atoms with Crippen LogP contribution in [0.1, 0.15) is 30.1 Å². The fourth-order valence-electron chi connectivity index (χ4n) is 3.15. The summed E-state index contributed by atoms with van der Waals surface area (Å²) >= 11 is 0. The molecule has 2 aromatic rings. The molecule has 1 saturated heterocycles. The van der Waals surface area contributed by atoms with Gasteiger partial charge in [0.05, 0.1) is 0 Å². The molecule has 1 N–H and O–H groups in total. The van der Waals surface area contributed by atoms with Crippen LogP contribution in [0, 0.1) is 0 Å². The molecule has 0 bridgehead atoms. The zero-order chi connectivity index (χ0) is 16.8. The highest BCUT2D eigenvalue weighted by molar-refractivity contribution is 5.94. The molecule has 0 aliphatic carbocycles. The summed E-state index contributed by atoms with van der Waals surface area (Å²) in [5, 5.41) is 3.05. The fraction of sp³-hybridized carbons (Fsp3) is 0.350. The minimum absolute atomic E-state index is 0.0239. The SMILES string of the molecule is CCN1CCCC1CNC(=O)c1ccc(Oc2ccccc2)cc1. The molecule has 4 nitrogen and oxygen atoms in total. The lowest BCUT2D eigenvalue weighted by Gasteiger charge is -2.22. The first-order valence-electron chi connectivity index (χ1n) is 8.61. The number of ether oxygens (including phenoxy) is 1. The molecule has 1 fully saturated rings. The lowest BCUT2D eigenvalue weighted by molar-refractivity contribution is 0.0941. The van der Waals surface area contributed by atoms with Gasteiger partial charge in [0.1, 0.15) is 11.5 Å². The molecular weight excluding hydrogens is 300 g/mol. The largest absolute Gasteiger partial charge is 0.457 e. The molecule has 1 aliphatic heterocycles. The predicted molar refractivity (Wildman–Crippen MR) is 95.6 cm³/mol. The average Bonchev–Trinajstić information content (AvgIpc) is 3.09. The average molecular weight is 324 g/mol. The number of amides is 1. The first-order chi connectivity index (χ1) is 11.8. The van der Waals surface area contributed by atoms with Crippen molar-refractivity contribution in [1.82, 2.24) is 10.2 Å². The summed E-state index contributed by atoms with van der Waals surface area (Å²) in [4.78, 5) is 14.7. The monoisotopic (exact) mass is 324 g/mol. The molecular formula is C20H24N2O2. The van der Waals surface area contributed by atoms with Crippen LogP contribution >= 0.6 is 0 Å². The molecule has 126 valence electrons. The molecule has 3 rings (SSSR count). The third kappa shape index (κ3) is 4.15. The van der Waals surface area contributed by atoms with Crippen molar-refractivity contribution in [3.8, 4) is 11.5 Å². The van der Waals surface area contributed by atoms with Gasteiger partial charge in [-0.15, -0.1) is 0 Å². The van der Waals surface area contributed by atoms with Crippen molar-refractivity contribution in [2.75, 3.05) is 19.6 Å². The highest BCUT2D eigenvalue weighted by Crippen LogP contribution is 2.21. The third-order valence-corrected chi connectivity index (χ3v) is 4.50. The Kier molecular flexibility index (Phi) is 5.49. The minimum Gasteiger partial charge on any atom is -0.457 e. The Labute approximate surface area is 143 Å². The van der Waals surface area contributed by atoms with Gasteiger partial charge in [-0.1, -0.05) is 25.1 Å². The molecule has 0 spiro atoms. The smallest absolute Gasteiger partial charge is 0.251 e. The molecule has 1 amide bonds. The minimum atomic E-state index is -0.0239. The lowest BCUT2D eigenvalue weighted by atomic mass is 10.2. The number of nitrogens with zero attached hydrogens (tertiary/aromatic N) is 1. The van der Waals surface area contributed by atoms with Crippen molar-refractivity contribution in [3.63, 3.8) is 0 Å². The van der Waals surface area contributed by atoms with Crippen LogP contribution in [0.25, 0.3) is 0 Å². The zero-order valence-corrected chi connectivity index (χ0v) is 14.1. The molecule has 24 heavy (non-hydrogen) atoms. The Morgan fingerprint density at radius 1 is 1.12 bits per heavy atom. The number of rotatable bonds is 6. The second kappa shape index (κ2) is 7.97. The van der Waals surface area contributed by atoms with Crippen molar-refractivity contribution in [3.05, 3.63) is 60.2 Å². The highest BCUT2D eigenvalue weighted by atomic mass is 16.5. The van der Waals surface area contributed by atoms with E-state index in [1.807, 2.05) is 42.5 Å². The van der Waals surface area contributed by atoms with Gasteiger partial charge in [-0.25, -0.2) is 0 Å². The van der Waals surface area contributed by atoms with Crippen LogP contribution in [-0.4, -0.2) is 36.5 Å². The first-order valence-corrected chi connectivity index (χ1v) is 8.61. The Balaban J connectivity index is 1.54. The van der Waals surface area contributed by atoms with E-state index in [0.717, 1.165) is 37.6 Å². The maximum Gasteiger partial charge on any atom is 0.251 e. The maximum absolute atomic E-state index is 12.3. The van der Waals surface area contributed by atoms with Crippen LogP contribution in [0.3, 0.4) is 0 Å². The number of carbonyl (C=O) groups excluding carboxylic acids is 1. The van der Waals surface area contributed by atoms with Crippen molar-refractivity contribution in [2.24, 2.45) is 0 Å². The molecule has 1 heterocycles. The van der Waals surface area contributed by atoms with E-state index in [1.165, 1.54) is 6.42 Å². The molecule has 0 saturated carbocycles. The molecule has 0 aromatic heterocycles. The van der Waals surface area contributed by atoms with Crippen LogP contribution in [0.2, 0.25) is 0 Å². The summed E-state index contributed by atoms with van der Waals surface area (Å²) in [6.45, 7) is 5.08.